The number of nitrogens with one attached hydrogen (secondary N) is 1. The number of anilines is 3. The number of sulfonamides is 1. The van der Waals surface area contributed by atoms with Crippen LogP contribution >= 0.6 is 11.6 Å². The molecular weight excluding hydrogens is 639 g/mol. The zero-order valence-electron chi connectivity index (χ0n) is 24.3. The first-order valence-corrected chi connectivity index (χ1v) is 16.3. The Morgan fingerprint density at radius 1 is 1.09 bits per heavy atom. The second-order valence-electron chi connectivity index (χ2n) is 10.8. The highest BCUT2D eigenvalue weighted by Gasteiger charge is 2.39. The number of nitrogens with zero attached hydrogens (tertiary/aromatic N) is 6. The van der Waals surface area contributed by atoms with Gasteiger partial charge in [0.2, 0.25) is 10.0 Å². The van der Waals surface area contributed by atoms with Gasteiger partial charge in [-0.2, -0.15) is 17.5 Å². The Bertz CT molecular complexity index is 1670. The van der Waals surface area contributed by atoms with E-state index in [1.54, 1.807) is 23.1 Å². The summed E-state index contributed by atoms with van der Waals surface area (Å²) in [6, 6.07) is 8.25. The number of rotatable bonds is 10. The van der Waals surface area contributed by atoms with Crippen LogP contribution in [-0.4, -0.2) is 84.6 Å². The van der Waals surface area contributed by atoms with E-state index in [1.165, 1.54) is 23.0 Å². The predicted octanol–water partition coefficient (Wildman–Crippen LogP) is 4.71. The number of fused-ring (bicyclic) bond motifs is 1. The number of halogens is 4. The van der Waals surface area contributed by atoms with Crippen LogP contribution in [-0.2, 0) is 29.2 Å². The molecule has 0 bridgehead atoms. The van der Waals surface area contributed by atoms with Crippen molar-refractivity contribution >= 4 is 44.5 Å². The molecule has 0 saturated carbocycles. The van der Waals surface area contributed by atoms with Crippen molar-refractivity contribution in [2.24, 2.45) is 0 Å². The first kappa shape index (κ1) is 32.7. The van der Waals surface area contributed by atoms with Gasteiger partial charge in [0.05, 0.1) is 35.0 Å². The Balaban J connectivity index is 1.17. The maximum atomic E-state index is 13.5. The van der Waals surface area contributed by atoms with Crippen molar-refractivity contribution in [3.8, 4) is 5.75 Å². The van der Waals surface area contributed by atoms with Crippen molar-refractivity contribution in [2.75, 3.05) is 62.3 Å². The SMILES string of the molecule is CS(=O)(=O)N1CCN(CCCOc2ccc(Nc3ncnc4c3CCN(c3ccc([N+](=O)[O-])c(C(F)(F)F)c3)C4)cc2Cl)CC1. The molecular formula is C28H31ClF3N7O5S. The Morgan fingerprint density at radius 2 is 1.84 bits per heavy atom. The highest BCUT2D eigenvalue weighted by molar-refractivity contribution is 7.88. The van der Waals surface area contributed by atoms with Gasteiger partial charge >= 0.3 is 6.18 Å². The average molecular weight is 670 g/mol. The summed E-state index contributed by atoms with van der Waals surface area (Å²) in [5.74, 6) is 1.06. The largest absolute Gasteiger partial charge is 0.492 e. The van der Waals surface area contributed by atoms with Crippen LogP contribution in [0.25, 0.3) is 0 Å². The summed E-state index contributed by atoms with van der Waals surface area (Å²) >= 11 is 6.49. The van der Waals surface area contributed by atoms with Crippen LogP contribution in [0.4, 0.5) is 36.1 Å². The van der Waals surface area contributed by atoms with Crippen LogP contribution in [0, 0.1) is 10.1 Å². The lowest BCUT2D eigenvalue weighted by Crippen LogP contribution is -2.48. The molecule has 1 N–H and O–H groups in total. The van der Waals surface area contributed by atoms with Gasteiger partial charge in [-0.3, -0.25) is 10.1 Å². The molecule has 12 nitrogen and oxygen atoms in total. The third kappa shape index (κ3) is 7.92. The van der Waals surface area contributed by atoms with Gasteiger partial charge in [0, 0.05) is 62.3 Å². The molecule has 0 amide bonds. The Morgan fingerprint density at radius 3 is 2.51 bits per heavy atom. The van der Waals surface area contributed by atoms with E-state index < -0.39 is 32.4 Å². The van der Waals surface area contributed by atoms with Crippen molar-refractivity contribution in [1.29, 1.82) is 0 Å². The van der Waals surface area contributed by atoms with Gasteiger partial charge in [-0.25, -0.2) is 18.4 Å². The number of benzene rings is 2. The quantitative estimate of drug-likeness (QED) is 0.184. The minimum absolute atomic E-state index is 0.197. The fraction of sp³-hybridized carbons (Fsp3) is 0.429. The number of ether oxygens (including phenoxy) is 1. The summed E-state index contributed by atoms with van der Waals surface area (Å²) in [7, 11) is -3.16. The van der Waals surface area contributed by atoms with Crippen LogP contribution in [0.15, 0.2) is 42.7 Å². The molecule has 5 rings (SSSR count). The van der Waals surface area contributed by atoms with Crippen molar-refractivity contribution < 1.29 is 31.2 Å². The van der Waals surface area contributed by atoms with Gasteiger partial charge in [-0.1, -0.05) is 11.6 Å². The molecule has 0 spiro atoms. The van der Waals surface area contributed by atoms with Gasteiger partial charge in [-0.05, 0) is 43.2 Å². The van der Waals surface area contributed by atoms with Crippen LogP contribution < -0.4 is 15.0 Å². The van der Waals surface area contributed by atoms with E-state index in [4.69, 9.17) is 16.3 Å². The number of aromatic nitrogens is 2. The van der Waals surface area contributed by atoms with Gasteiger partial charge in [0.25, 0.3) is 5.69 Å². The molecule has 3 aromatic rings. The van der Waals surface area contributed by atoms with Gasteiger partial charge in [0.1, 0.15) is 23.5 Å². The predicted molar refractivity (Wildman–Crippen MR) is 163 cm³/mol. The van der Waals surface area contributed by atoms with Gasteiger partial charge in [0.15, 0.2) is 0 Å². The molecule has 0 atom stereocenters. The van der Waals surface area contributed by atoms with Crippen LogP contribution in [0.2, 0.25) is 5.02 Å². The first-order valence-electron chi connectivity index (χ1n) is 14.1. The number of hydrogen-bond acceptors (Lipinski definition) is 10. The molecule has 2 aliphatic rings. The molecule has 242 valence electrons. The number of nitro groups is 1. The molecule has 1 saturated heterocycles. The molecule has 3 heterocycles. The smallest absolute Gasteiger partial charge is 0.423 e. The molecule has 45 heavy (non-hydrogen) atoms. The second-order valence-corrected chi connectivity index (χ2v) is 13.1. The van der Waals surface area contributed by atoms with E-state index in [2.05, 4.69) is 20.2 Å². The van der Waals surface area contributed by atoms with E-state index >= 15 is 0 Å². The van der Waals surface area contributed by atoms with Crippen LogP contribution in [0.5, 0.6) is 5.75 Å². The lowest BCUT2D eigenvalue weighted by molar-refractivity contribution is -0.388. The van der Waals surface area contributed by atoms with Gasteiger partial charge in [-0.15, -0.1) is 0 Å². The Labute approximate surface area is 263 Å². The summed E-state index contributed by atoms with van der Waals surface area (Å²) in [6.07, 6.45) is -1.11. The van der Waals surface area contributed by atoms with E-state index in [0.29, 0.717) is 73.7 Å². The topological polar surface area (TPSA) is 134 Å². The molecule has 1 fully saturated rings. The van der Waals surface area contributed by atoms with Gasteiger partial charge < -0.3 is 19.9 Å². The fourth-order valence-corrected chi connectivity index (χ4v) is 6.44. The maximum absolute atomic E-state index is 13.5. The Kier molecular flexibility index (Phi) is 9.67. The lowest BCUT2D eigenvalue weighted by Gasteiger charge is -2.33. The minimum Gasteiger partial charge on any atom is -0.492 e. The zero-order valence-corrected chi connectivity index (χ0v) is 25.8. The summed E-state index contributed by atoms with van der Waals surface area (Å²) in [4.78, 5) is 22.7. The first-order chi connectivity index (χ1) is 21.3. The van der Waals surface area contributed by atoms with E-state index in [1.807, 2.05) is 0 Å². The van der Waals surface area contributed by atoms with Crippen molar-refractivity contribution in [3.63, 3.8) is 0 Å². The zero-order chi connectivity index (χ0) is 32.4. The molecule has 0 aliphatic carbocycles. The minimum atomic E-state index is -4.87. The summed E-state index contributed by atoms with van der Waals surface area (Å²) < 4.78 is 71.2. The summed E-state index contributed by atoms with van der Waals surface area (Å²) in [5.41, 5.74) is 0.00750. The summed E-state index contributed by atoms with van der Waals surface area (Å²) in [5, 5.41) is 14.8. The van der Waals surface area contributed by atoms with Crippen LogP contribution in [0.1, 0.15) is 23.2 Å². The normalized spacial score (nSPS) is 16.3. The highest BCUT2D eigenvalue weighted by atomic mass is 35.5. The molecule has 2 aromatic carbocycles. The third-order valence-electron chi connectivity index (χ3n) is 7.73. The second kappa shape index (κ2) is 13.3. The number of alkyl halides is 3. The maximum Gasteiger partial charge on any atom is 0.423 e. The molecule has 0 radical (unpaired) electrons. The number of nitro benzene ring substituents is 1. The molecule has 17 heteroatoms. The average Bonchev–Trinajstić information content (AvgIpc) is 2.99. The number of piperazine rings is 1. The molecule has 0 unspecified atom stereocenters. The summed E-state index contributed by atoms with van der Waals surface area (Å²) in [6.45, 7) is 4.08. The lowest BCUT2D eigenvalue weighted by atomic mass is 10.0. The monoisotopic (exact) mass is 669 g/mol. The standard InChI is InChI=1S/C28H31ClF3N7O5S/c1-45(42,43)38-12-10-36(11-13-38)8-2-14-44-26-6-3-19(15-23(26)29)35-27-21-7-9-37(17-24(21)33-18-34-27)20-4-5-25(39(40)41)22(16-20)28(30,31)32/h3-6,15-16,18H,2,7-14,17H2,1H3,(H,33,34,35). The van der Waals surface area contributed by atoms with E-state index in [0.717, 1.165) is 30.7 Å². The third-order valence-corrected chi connectivity index (χ3v) is 9.32. The van der Waals surface area contributed by atoms with Crippen molar-refractivity contribution in [3.05, 3.63) is 74.7 Å². The molecule has 1 aromatic heterocycles. The van der Waals surface area contributed by atoms with E-state index in [9.17, 15) is 31.7 Å². The van der Waals surface area contributed by atoms with Crippen LogP contribution in [0.3, 0.4) is 0 Å². The number of hydrogen-bond donors (Lipinski definition) is 1. The molecule has 2 aliphatic heterocycles. The highest BCUT2D eigenvalue weighted by Crippen LogP contribution is 2.39. The fourth-order valence-electron chi connectivity index (χ4n) is 5.38. The van der Waals surface area contributed by atoms with Crippen molar-refractivity contribution in [2.45, 2.75) is 25.6 Å². The van der Waals surface area contributed by atoms with Crippen molar-refractivity contribution in [1.82, 2.24) is 19.2 Å². The van der Waals surface area contributed by atoms with E-state index in [-0.39, 0.29) is 12.2 Å². The Hall–Kier alpha value is -3.73.